The third kappa shape index (κ3) is 6.40. The van der Waals surface area contributed by atoms with Crippen LogP contribution in [-0.2, 0) is 6.54 Å². The van der Waals surface area contributed by atoms with Crippen LogP contribution in [0.1, 0.15) is 38.7 Å². The summed E-state index contributed by atoms with van der Waals surface area (Å²) < 4.78 is 5.40. The minimum atomic E-state index is 0.638. The lowest BCUT2D eigenvalue weighted by Crippen LogP contribution is -2.26. The Morgan fingerprint density at radius 2 is 2.00 bits per heavy atom. The average molecular weight is 278 g/mol. The number of hydrogen-bond acceptors (Lipinski definition) is 3. The molecule has 20 heavy (non-hydrogen) atoms. The maximum absolute atomic E-state index is 5.40. The molecule has 1 unspecified atom stereocenters. The Labute approximate surface area is 124 Å². The summed E-state index contributed by atoms with van der Waals surface area (Å²) in [5, 5.41) is 3.46. The summed E-state index contributed by atoms with van der Waals surface area (Å²) in [5.74, 6) is 0.986. The van der Waals surface area contributed by atoms with Crippen molar-refractivity contribution in [1.82, 2.24) is 10.2 Å². The third-order valence-corrected chi connectivity index (χ3v) is 3.61. The molecule has 0 spiro atoms. The fraction of sp³-hybridized carbons (Fsp3) is 0.647. The van der Waals surface area contributed by atoms with Crippen LogP contribution in [0.3, 0.4) is 0 Å². The van der Waals surface area contributed by atoms with Gasteiger partial charge in [0.15, 0.2) is 0 Å². The summed E-state index contributed by atoms with van der Waals surface area (Å²) in [6.07, 6.45) is 3.79. The smallest absolute Gasteiger partial charge is 0.123 e. The molecule has 1 N–H and O–H groups in total. The molecule has 1 rings (SSSR count). The van der Waals surface area contributed by atoms with E-state index in [0.29, 0.717) is 6.04 Å². The van der Waals surface area contributed by atoms with E-state index < -0.39 is 0 Å². The molecule has 3 nitrogen and oxygen atoms in total. The van der Waals surface area contributed by atoms with Gasteiger partial charge in [0.25, 0.3) is 0 Å². The van der Waals surface area contributed by atoms with Crippen LogP contribution in [0.25, 0.3) is 0 Å². The number of nitrogens with zero attached hydrogens (tertiary/aromatic N) is 1. The first-order valence-electron chi connectivity index (χ1n) is 7.71. The lowest BCUT2D eigenvalue weighted by Gasteiger charge is -2.19. The number of ether oxygens (including phenoxy) is 1. The van der Waals surface area contributed by atoms with Gasteiger partial charge in [-0.15, -0.1) is 0 Å². The lowest BCUT2D eigenvalue weighted by molar-refractivity contribution is 0.306. The Morgan fingerprint density at radius 1 is 1.25 bits per heavy atom. The summed E-state index contributed by atoms with van der Waals surface area (Å²) >= 11 is 0. The second-order valence-electron chi connectivity index (χ2n) is 5.50. The van der Waals surface area contributed by atoms with Gasteiger partial charge in [0.2, 0.25) is 0 Å². The fourth-order valence-electron chi connectivity index (χ4n) is 2.49. The second-order valence-corrected chi connectivity index (χ2v) is 5.50. The minimum Gasteiger partial charge on any atom is -0.496 e. The van der Waals surface area contributed by atoms with Crippen molar-refractivity contribution >= 4 is 0 Å². The van der Waals surface area contributed by atoms with Crippen molar-refractivity contribution in [3.63, 3.8) is 0 Å². The van der Waals surface area contributed by atoms with Crippen LogP contribution in [0, 0.1) is 0 Å². The maximum Gasteiger partial charge on any atom is 0.123 e. The summed E-state index contributed by atoms with van der Waals surface area (Å²) in [5.41, 5.74) is 1.26. The lowest BCUT2D eigenvalue weighted by atomic mass is 10.1. The van der Waals surface area contributed by atoms with E-state index in [1.165, 1.54) is 24.8 Å². The number of methoxy groups -OCH3 is 1. The first-order chi connectivity index (χ1) is 9.67. The van der Waals surface area contributed by atoms with Crippen LogP contribution >= 0.6 is 0 Å². The number of rotatable bonds is 10. The summed E-state index contributed by atoms with van der Waals surface area (Å²) in [6, 6.07) is 8.90. The van der Waals surface area contributed by atoms with Crippen molar-refractivity contribution in [2.24, 2.45) is 0 Å². The molecule has 1 aromatic carbocycles. The molecule has 3 heteroatoms. The molecule has 0 aliphatic rings. The molecule has 114 valence electrons. The van der Waals surface area contributed by atoms with Crippen LogP contribution in [0.15, 0.2) is 24.3 Å². The maximum atomic E-state index is 5.40. The molecule has 1 aromatic rings. The molecule has 1 atom stereocenters. The first kappa shape index (κ1) is 17.0. The van der Waals surface area contributed by atoms with E-state index in [0.717, 1.165) is 25.4 Å². The highest BCUT2D eigenvalue weighted by atomic mass is 16.5. The van der Waals surface area contributed by atoms with Gasteiger partial charge in [0.1, 0.15) is 5.75 Å². The Morgan fingerprint density at radius 3 is 2.70 bits per heavy atom. The van der Waals surface area contributed by atoms with Crippen molar-refractivity contribution in [3.8, 4) is 5.75 Å². The average Bonchev–Trinajstić information content (AvgIpc) is 2.44. The SMILES string of the molecule is CCNC(C)CCCCN(C)Cc1ccccc1OC. The predicted octanol–water partition coefficient (Wildman–Crippen LogP) is 3.30. The van der Waals surface area contributed by atoms with Crippen LogP contribution in [0.2, 0.25) is 0 Å². The highest BCUT2D eigenvalue weighted by Gasteiger charge is 2.06. The highest BCUT2D eigenvalue weighted by molar-refractivity contribution is 5.32. The van der Waals surface area contributed by atoms with Crippen molar-refractivity contribution in [1.29, 1.82) is 0 Å². The van der Waals surface area contributed by atoms with Crippen molar-refractivity contribution in [3.05, 3.63) is 29.8 Å². The van der Waals surface area contributed by atoms with Crippen LogP contribution in [0.5, 0.6) is 5.75 Å². The molecule has 0 amide bonds. The van der Waals surface area contributed by atoms with Gasteiger partial charge < -0.3 is 15.0 Å². The molecule has 0 aliphatic heterocycles. The van der Waals surface area contributed by atoms with E-state index in [1.54, 1.807) is 7.11 Å². The monoisotopic (exact) mass is 278 g/mol. The van der Waals surface area contributed by atoms with Crippen molar-refractivity contribution < 1.29 is 4.74 Å². The van der Waals surface area contributed by atoms with Gasteiger partial charge in [0.05, 0.1) is 7.11 Å². The quantitative estimate of drug-likeness (QED) is 0.665. The molecular formula is C17H30N2O. The molecule has 0 aliphatic carbocycles. The fourth-order valence-corrected chi connectivity index (χ4v) is 2.49. The Hall–Kier alpha value is -1.06. The molecule has 0 saturated carbocycles. The van der Waals surface area contributed by atoms with E-state index in [1.807, 2.05) is 12.1 Å². The van der Waals surface area contributed by atoms with Gasteiger partial charge in [0, 0.05) is 18.2 Å². The molecule has 0 radical (unpaired) electrons. The van der Waals surface area contributed by atoms with Crippen molar-refractivity contribution in [2.75, 3.05) is 27.2 Å². The molecule has 0 heterocycles. The number of unbranched alkanes of at least 4 members (excludes halogenated alkanes) is 1. The van der Waals surface area contributed by atoms with E-state index in [4.69, 9.17) is 4.74 Å². The molecule has 0 saturated heterocycles. The Bertz CT molecular complexity index is 368. The van der Waals surface area contributed by atoms with E-state index >= 15 is 0 Å². The van der Waals surface area contributed by atoms with Gasteiger partial charge in [-0.05, 0) is 46.0 Å². The van der Waals surface area contributed by atoms with Crippen LogP contribution in [-0.4, -0.2) is 38.2 Å². The van der Waals surface area contributed by atoms with E-state index in [-0.39, 0.29) is 0 Å². The zero-order valence-corrected chi connectivity index (χ0v) is 13.5. The molecule has 0 bridgehead atoms. The first-order valence-corrected chi connectivity index (χ1v) is 7.71. The summed E-state index contributed by atoms with van der Waals surface area (Å²) in [6.45, 7) is 7.58. The van der Waals surface area contributed by atoms with E-state index in [2.05, 4.69) is 43.2 Å². The summed E-state index contributed by atoms with van der Waals surface area (Å²) in [4.78, 5) is 2.37. The zero-order chi connectivity index (χ0) is 14.8. The number of benzene rings is 1. The number of nitrogens with one attached hydrogen (secondary N) is 1. The van der Waals surface area contributed by atoms with Gasteiger partial charge >= 0.3 is 0 Å². The number of hydrogen-bond donors (Lipinski definition) is 1. The van der Waals surface area contributed by atoms with E-state index in [9.17, 15) is 0 Å². The zero-order valence-electron chi connectivity index (χ0n) is 13.5. The van der Waals surface area contributed by atoms with Gasteiger partial charge in [-0.2, -0.15) is 0 Å². The van der Waals surface area contributed by atoms with Crippen LogP contribution < -0.4 is 10.1 Å². The Balaban J connectivity index is 2.25. The number of para-hydroxylation sites is 1. The predicted molar refractivity (Wildman–Crippen MR) is 86.3 cm³/mol. The second kappa shape index (κ2) is 9.78. The van der Waals surface area contributed by atoms with Crippen LogP contribution in [0.4, 0.5) is 0 Å². The highest BCUT2D eigenvalue weighted by Crippen LogP contribution is 2.18. The molecule has 0 aromatic heterocycles. The third-order valence-electron chi connectivity index (χ3n) is 3.61. The van der Waals surface area contributed by atoms with Crippen molar-refractivity contribution in [2.45, 2.75) is 45.7 Å². The Kier molecular flexibility index (Phi) is 8.31. The van der Waals surface area contributed by atoms with Gasteiger partial charge in [-0.1, -0.05) is 31.5 Å². The standard InChI is InChI=1S/C17H30N2O/c1-5-18-15(2)10-8-9-13-19(3)14-16-11-6-7-12-17(16)20-4/h6-7,11-12,15,18H,5,8-10,13-14H2,1-4H3. The molecule has 0 fully saturated rings. The minimum absolute atomic E-state index is 0.638. The summed E-state index contributed by atoms with van der Waals surface area (Å²) in [7, 11) is 3.92. The molecular weight excluding hydrogens is 248 g/mol. The van der Waals surface area contributed by atoms with Gasteiger partial charge in [-0.25, -0.2) is 0 Å². The largest absolute Gasteiger partial charge is 0.496 e. The normalized spacial score (nSPS) is 12.7. The topological polar surface area (TPSA) is 24.5 Å². The van der Waals surface area contributed by atoms with Gasteiger partial charge in [-0.3, -0.25) is 0 Å².